The summed E-state index contributed by atoms with van der Waals surface area (Å²) >= 11 is 0. The van der Waals surface area contributed by atoms with E-state index in [0.717, 1.165) is 16.5 Å². The lowest BCUT2D eigenvalue weighted by Crippen LogP contribution is -1.96. The molecule has 0 radical (unpaired) electrons. The highest BCUT2D eigenvalue weighted by atomic mass is 16.5. The Morgan fingerprint density at radius 3 is 2.79 bits per heavy atom. The van der Waals surface area contributed by atoms with Crippen LogP contribution in [-0.4, -0.2) is 9.97 Å². The van der Waals surface area contributed by atoms with Crippen LogP contribution in [0.5, 0.6) is 11.8 Å². The second-order valence-corrected chi connectivity index (χ2v) is 4.35. The van der Waals surface area contributed by atoms with E-state index < -0.39 is 0 Å². The lowest BCUT2D eigenvalue weighted by Gasteiger charge is -2.07. The highest BCUT2D eigenvalue weighted by Gasteiger charge is 2.05. The van der Waals surface area contributed by atoms with Crippen molar-refractivity contribution < 1.29 is 4.74 Å². The molecule has 0 saturated carbocycles. The number of benzene rings is 2. The number of rotatable bonds is 2. The van der Waals surface area contributed by atoms with E-state index in [1.54, 1.807) is 6.20 Å². The molecule has 4 heteroatoms. The Hall–Kier alpha value is -2.62. The van der Waals surface area contributed by atoms with E-state index >= 15 is 0 Å². The lowest BCUT2D eigenvalue weighted by molar-refractivity contribution is 0.446. The third kappa shape index (κ3) is 2.33. The topological polar surface area (TPSA) is 61.0 Å². The number of hydrogen-bond acceptors (Lipinski definition) is 4. The van der Waals surface area contributed by atoms with Crippen LogP contribution in [-0.2, 0) is 0 Å². The normalized spacial score (nSPS) is 10.6. The largest absolute Gasteiger partial charge is 0.422 e. The SMILES string of the molecule is Cc1ccc(Oc2ncc3ccccc3n2)c(N)c1. The summed E-state index contributed by atoms with van der Waals surface area (Å²) in [6.45, 7) is 1.98. The van der Waals surface area contributed by atoms with Crippen LogP contribution in [0.2, 0.25) is 0 Å². The van der Waals surface area contributed by atoms with Gasteiger partial charge >= 0.3 is 6.01 Å². The molecule has 0 unspecified atom stereocenters. The monoisotopic (exact) mass is 251 g/mol. The average molecular weight is 251 g/mol. The van der Waals surface area contributed by atoms with E-state index in [0.29, 0.717) is 17.4 Å². The maximum atomic E-state index is 5.90. The molecule has 3 rings (SSSR count). The minimum absolute atomic E-state index is 0.300. The summed E-state index contributed by atoms with van der Waals surface area (Å²) in [5, 5.41) is 0.978. The predicted octanol–water partition coefficient (Wildman–Crippen LogP) is 3.31. The summed E-state index contributed by atoms with van der Waals surface area (Å²) in [7, 11) is 0. The molecular weight excluding hydrogens is 238 g/mol. The van der Waals surface area contributed by atoms with Gasteiger partial charge in [-0.2, -0.15) is 4.98 Å². The third-order valence-electron chi connectivity index (χ3n) is 2.83. The average Bonchev–Trinajstić information content (AvgIpc) is 2.42. The van der Waals surface area contributed by atoms with Crippen LogP contribution in [0.4, 0.5) is 5.69 Å². The third-order valence-corrected chi connectivity index (χ3v) is 2.83. The Bertz CT molecular complexity index is 740. The fourth-order valence-corrected chi connectivity index (χ4v) is 1.86. The van der Waals surface area contributed by atoms with Crippen molar-refractivity contribution in [1.82, 2.24) is 9.97 Å². The van der Waals surface area contributed by atoms with Gasteiger partial charge in [-0.3, -0.25) is 0 Å². The van der Waals surface area contributed by atoms with Crippen molar-refractivity contribution in [3.05, 3.63) is 54.2 Å². The molecular formula is C15H13N3O. The molecule has 0 amide bonds. The minimum Gasteiger partial charge on any atom is -0.422 e. The number of nitrogens with zero attached hydrogens (tertiary/aromatic N) is 2. The smallest absolute Gasteiger partial charge is 0.322 e. The second-order valence-electron chi connectivity index (χ2n) is 4.35. The van der Waals surface area contributed by atoms with Gasteiger partial charge in [-0.1, -0.05) is 24.3 Å². The molecule has 1 aromatic heterocycles. The molecule has 0 atom stereocenters. The van der Waals surface area contributed by atoms with Gasteiger partial charge in [0.05, 0.1) is 11.2 Å². The van der Waals surface area contributed by atoms with E-state index in [4.69, 9.17) is 10.5 Å². The molecule has 3 aromatic rings. The molecule has 94 valence electrons. The summed E-state index contributed by atoms with van der Waals surface area (Å²) in [6, 6.07) is 13.7. The number of anilines is 1. The minimum atomic E-state index is 0.300. The number of hydrogen-bond donors (Lipinski definition) is 1. The summed E-state index contributed by atoms with van der Waals surface area (Å²) in [6.07, 6.45) is 1.74. The molecule has 1 heterocycles. The summed E-state index contributed by atoms with van der Waals surface area (Å²) < 4.78 is 5.63. The lowest BCUT2D eigenvalue weighted by atomic mass is 10.2. The Kier molecular flexibility index (Phi) is 2.76. The molecule has 4 nitrogen and oxygen atoms in total. The first kappa shape index (κ1) is 11.5. The van der Waals surface area contributed by atoms with Gasteiger partial charge in [-0.25, -0.2) is 4.98 Å². The van der Waals surface area contributed by atoms with Gasteiger partial charge in [0.2, 0.25) is 0 Å². The molecule has 0 bridgehead atoms. The summed E-state index contributed by atoms with van der Waals surface area (Å²) in [5.74, 6) is 0.570. The molecule has 19 heavy (non-hydrogen) atoms. The van der Waals surface area contributed by atoms with Gasteiger partial charge in [0.1, 0.15) is 0 Å². The quantitative estimate of drug-likeness (QED) is 0.710. The van der Waals surface area contributed by atoms with Gasteiger partial charge in [0, 0.05) is 11.6 Å². The molecule has 0 fully saturated rings. The van der Waals surface area contributed by atoms with Crippen LogP contribution in [0, 0.1) is 6.92 Å². The van der Waals surface area contributed by atoms with Crippen LogP contribution >= 0.6 is 0 Å². The number of fused-ring (bicyclic) bond motifs is 1. The number of ether oxygens (including phenoxy) is 1. The molecule has 0 aliphatic rings. The number of nitrogens with two attached hydrogens (primary N) is 1. The highest BCUT2D eigenvalue weighted by Crippen LogP contribution is 2.26. The molecule has 2 aromatic carbocycles. The van der Waals surface area contributed by atoms with Crippen molar-refractivity contribution >= 4 is 16.6 Å². The van der Waals surface area contributed by atoms with Crippen molar-refractivity contribution in [2.24, 2.45) is 0 Å². The van der Waals surface area contributed by atoms with Gasteiger partial charge in [0.15, 0.2) is 5.75 Å². The van der Waals surface area contributed by atoms with Gasteiger partial charge in [-0.05, 0) is 30.7 Å². The molecule has 0 saturated heterocycles. The standard InChI is InChI=1S/C15H13N3O/c1-10-6-7-14(12(16)8-10)19-15-17-9-11-4-2-3-5-13(11)18-15/h2-9H,16H2,1H3. The first-order valence-corrected chi connectivity index (χ1v) is 5.98. The Labute approximate surface area is 110 Å². The van der Waals surface area contributed by atoms with Gasteiger partial charge in [-0.15, -0.1) is 0 Å². The fourth-order valence-electron chi connectivity index (χ4n) is 1.86. The van der Waals surface area contributed by atoms with E-state index in [9.17, 15) is 0 Å². The Balaban J connectivity index is 1.96. The first-order chi connectivity index (χ1) is 9.22. The van der Waals surface area contributed by atoms with Crippen molar-refractivity contribution in [2.75, 3.05) is 5.73 Å². The summed E-state index contributed by atoms with van der Waals surface area (Å²) in [4.78, 5) is 8.52. The Morgan fingerprint density at radius 2 is 1.95 bits per heavy atom. The number of para-hydroxylation sites is 1. The highest BCUT2D eigenvalue weighted by molar-refractivity contribution is 5.77. The predicted molar refractivity (Wildman–Crippen MR) is 75.2 cm³/mol. The van der Waals surface area contributed by atoms with Crippen molar-refractivity contribution in [1.29, 1.82) is 0 Å². The maximum absolute atomic E-state index is 5.90. The molecule has 0 aliphatic carbocycles. The van der Waals surface area contributed by atoms with Crippen LogP contribution in [0.1, 0.15) is 5.56 Å². The van der Waals surface area contributed by atoms with Crippen molar-refractivity contribution in [3.63, 3.8) is 0 Å². The van der Waals surface area contributed by atoms with E-state index in [2.05, 4.69) is 9.97 Å². The summed E-state index contributed by atoms with van der Waals surface area (Å²) in [5.41, 5.74) is 8.41. The van der Waals surface area contributed by atoms with E-state index in [1.165, 1.54) is 0 Å². The van der Waals surface area contributed by atoms with E-state index in [1.807, 2.05) is 49.4 Å². The molecule has 2 N–H and O–H groups in total. The fraction of sp³-hybridized carbons (Fsp3) is 0.0667. The second kappa shape index (κ2) is 4.57. The van der Waals surface area contributed by atoms with Crippen LogP contribution in [0.3, 0.4) is 0 Å². The zero-order valence-corrected chi connectivity index (χ0v) is 10.5. The van der Waals surface area contributed by atoms with Gasteiger partial charge in [0.25, 0.3) is 0 Å². The number of nitrogen functional groups attached to an aromatic ring is 1. The van der Waals surface area contributed by atoms with Crippen LogP contribution in [0.15, 0.2) is 48.7 Å². The maximum Gasteiger partial charge on any atom is 0.322 e. The Morgan fingerprint density at radius 1 is 1.11 bits per heavy atom. The molecule has 0 aliphatic heterocycles. The van der Waals surface area contributed by atoms with Gasteiger partial charge < -0.3 is 10.5 Å². The number of aromatic nitrogens is 2. The van der Waals surface area contributed by atoms with E-state index in [-0.39, 0.29) is 0 Å². The zero-order valence-electron chi connectivity index (χ0n) is 10.5. The van der Waals surface area contributed by atoms with Crippen molar-refractivity contribution in [3.8, 4) is 11.8 Å². The zero-order chi connectivity index (χ0) is 13.2. The van der Waals surface area contributed by atoms with Crippen LogP contribution in [0.25, 0.3) is 10.9 Å². The van der Waals surface area contributed by atoms with Crippen molar-refractivity contribution in [2.45, 2.75) is 6.92 Å². The molecule has 0 spiro atoms. The van der Waals surface area contributed by atoms with Crippen LogP contribution < -0.4 is 10.5 Å². The number of aryl methyl sites for hydroxylation is 1. The first-order valence-electron chi connectivity index (χ1n) is 5.98.